The molecule has 0 spiro atoms. The fourth-order valence-electron chi connectivity index (χ4n) is 5.59. The number of imidazole rings is 1. The molecule has 0 amide bonds. The molecule has 0 radical (unpaired) electrons. The first-order chi connectivity index (χ1) is 19.8. The first kappa shape index (κ1) is 23.7. The summed E-state index contributed by atoms with van der Waals surface area (Å²) in [6.07, 6.45) is 1.85. The highest BCUT2D eigenvalue weighted by atomic mass is 15.1. The summed E-state index contributed by atoms with van der Waals surface area (Å²) in [5.74, 6) is 0.807. The second kappa shape index (κ2) is 10.1. The van der Waals surface area contributed by atoms with Gasteiger partial charge in [-0.15, -0.1) is 0 Å². The van der Waals surface area contributed by atoms with E-state index in [2.05, 4.69) is 114 Å². The maximum Gasteiger partial charge on any atom is 0.138 e. The molecule has 7 rings (SSSR count). The summed E-state index contributed by atoms with van der Waals surface area (Å²) in [7, 11) is 0. The predicted octanol–water partition coefficient (Wildman–Crippen LogP) is 7.87. The molecule has 40 heavy (non-hydrogen) atoms. The fraction of sp³-hybridized carbons (Fsp3) is 0.0278. The molecule has 4 aromatic carbocycles. The van der Waals surface area contributed by atoms with Gasteiger partial charge in [0.15, 0.2) is 0 Å². The smallest absolute Gasteiger partial charge is 0.138 e. The summed E-state index contributed by atoms with van der Waals surface area (Å²) in [6, 6.07) is 52.1. The Morgan fingerprint density at radius 1 is 0.475 bits per heavy atom. The number of para-hydroxylation sites is 2. The maximum atomic E-state index is 5.35. The first-order valence-electron chi connectivity index (χ1n) is 13.4. The van der Waals surface area contributed by atoms with Crippen LogP contribution in [0.4, 0.5) is 0 Å². The molecule has 0 atom stereocenters. The van der Waals surface area contributed by atoms with Gasteiger partial charge in [0.05, 0.1) is 28.1 Å². The molecule has 0 bridgehead atoms. The highest BCUT2D eigenvalue weighted by Crippen LogP contribution is 2.44. The Morgan fingerprint density at radius 2 is 1.05 bits per heavy atom. The van der Waals surface area contributed by atoms with E-state index in [0.29, 0.717) is 0 Å². The Labute approximate surface area is 233 Å². The van der Waals surface area contributed by atoms with Gasteiger partial charge in [-0.2, -0.15) is 0 Å². The summed E-state index contributed by atoms with van der Waals surface area (Å²) in [5.41, 5.74) is 7.17. The molecule has 3 heterocycles. The lowest BCUT2D eigenvalue weighted by Crippen LogP contribution is -2.33. The van der Waals surface area contributed by atoms with E-state index >= 15 is 0 Å². The van der Waals surface area contributed by atoms with Gasteiger partial charge in [0, 0.05) is 5.56 Å². The third-order valence-corrected chi connectivity index (χ3v) is 7.44. The minimum Gasteiger partial charge on any atom is -0.283 e. The molecule has 190 valence electrons. The van der Waals surface area contributed by atoms with Crippen LogP contribution in [-0.4, -0.2) is 19.5 Å². The number of hydrogen-bond donors (Lipinski definition) is 0. The summed E-state index contributed by atoms with van der Waals surface area (Å²) in [4.78, 5) is 15.3. The van der Waals surface area contributed by atoms with Crippen LogP contribution in [0, 0.1) is 0 Å². The number of nitrogens with zero attached hydrogens (tertiary/aromatic N) is 4. The van der Waals surface area contributed by atoms with Crippen LogP contribution < -0.4 is 0 Å². The van der Waals surface area contributed by atoms with E-state index in [1.807, 2.05) is 53.4 Å². The van der Waals surface area contributed by atoms with Crippen LogP contribution in [0.25, 0.3) is 28.1 Å². The molecule has 0 aliphatic carbocycles. The maximum absolute atomic E-state index is 5.35. The molecule has 7 aromatic rings. The minimum absolute atomic E-state index is 0.764. The highest BCUT2D eigenvalue weighted by Gasteiger charge is 2.41. The molecule has 0 saturated heterocycles. The van der Waals surface area contributed by atoms with Crippen LogP contribution >= 0.6 is 0 Å². The van der Waals surface area contributed by atoms with Crippen molar-refractivity contribution < 1.29 is 0 Å². The Kier molecular flexibility index (Phi) is 5.98. The van der Waals surface area contributed by atoms with Gasteiger partial charge < -0.3 is 0 Å². The van der Waals surface area contributed by atoms with Gasteiger partial charge in [-0.05, 0) is 47.5 Å². The summed E-state index contributed by atoms with van der Waals surface area (Å²) < 4.78 is 2.05. The molecule has 3 aromatic heterocycles. The standard InChI is InChI=1S/C36H26N4/c1-4-14-27(15-5-1)30-21-12-23-33(38-30)36(28-16-6-2-7-17-28,29-18-8-3-9-19-29)34-24-13-25-35(39-34)40-26-37-31-20-10-11-22-32(31)40/h1-26H. The average Bonchev–Trinajstić information content (AvgIpc) is 3.48. The second-order valence-corrected chi connectivity index (χ2v) is 9.74. The van der Waals surface area contributed by atoms with E-state index in [4.69, 9.17) is 9.97 Å². The van der Waals surface area contributed by atoms with Gasteiger partial charge in [-0.25, -0.2) is 9.97 Å². The average molecular weight is 515 g/mol. The molecule has 0 aliphatic heterocycles. The number of benzene rings is 4. The molecule has 4 heteroatoms. The van der Waals surface area contributed by atoms with Crippen LogP contribution in [0.2, 0.25) is 0 Å². The Morgan fingerprint density at radius 3 is 1.75 bits per heavy atom. The number of fused-ring (bicyclic) bond motifs is 1. The molecular weight excluding hydrogens is 488 g/mol. The van der Waals surface area contributed by atoms with Crippen molar-refractivity contribution in [2.24, 2.45) is 0 Å². The van der Waals surface area contributed by atoms with E-state index < -0.39 is 5.41 Å². The van der Waals surface area contributed by atoms with E-state index in [9.17, 15) is 0 Å². The predicted molar refractivity (Wildman–Crippen MR) is 160 cm³/mol. The normalized spacial score (nSPS) is 11.5. The monoisotopic (exact) mass is 514 g/mol. The lowest BCUT2D eigenvalue weighted by molar-refractivity contribution is 0.685. The summed E-state index contributed by atoms with van der Waals surface area (Å²) in [6.45, 7) is 0. The van der Waals surface area contributed by atoms with E-state index in [-0.39, 0.29) is 0 Å². The molecule has 0 fully saturated rings. The molecule has 0 aliphatic rings. The largest absolute Gasteiger partial charge is 0.283 e. The molecular formula is C36H26N4. The van der Waals surface area contributed by atoms with Gasteiger partial charge in [-0.1, -0.05) is 115 Å². The fourth-order valence-corrected chi connectivity index (χ4v) is 5.59. The molecule has 0 saturated carbocycles. The minimum atomic E-state index is -0.764. The SMILES string of the molecule is c1ccc(-c2cccc(C(c3ccccc3)(c3ccccc3)c3cccc(-n4cnc5ccccc54)n3)n2)cc1. The van der Waals surface area contributed by atoms with Gasteiger partial charge in [0.1, 0.15) is 17.6 Å². The van der Waals surface area contributed by atoms with Crippen LogP contribution in [0.1, 0.15) is 22.5 Å². The van der Waals surface area contributed by atoms with E-state index in [1.165, 1.54) is 0 Å². The van der Waals surface area contributed by atoms with Crippen molar-refractivity contribution in [3.05, 3.63) is 181 Å². The summed E-state index contributed by atoms with van der Waals surface area (Å²) >= 11 is 0. The van der Waals surface area contributed by atoms with Gasteiger partial charge in [0.2, 0.25) is 0 Å². The van der Waals surface area contributed by atoms with E-state index in [1.54, 1.807) is 0 Å². The van der Waals surface area contributed by atoms with Crippen molar-refractivity contribution >= 4 is 11.0 Å². The van der Waals surface area contributed by atoms with Crippen LogP contribution in [0.3, 0.4) is 0 Å². The van der Waals surface area contributed by atoms with E-state index in [0.717, 1.165) is 50.6 Å². The highest BCUT2D eigenvalue weighted by molar-refractivity contribution is 5.76. The summed E-state index contributed by atoms with van der Waals surface area (Å²) in [5, 5.41) is 0. The third-order valence-electron chi connectivity index (χ3n) is 7.44. The zero-order chi connectivity index (χ0) is 26.8. The van der Waals surface area contributed by atoms with Crippen LogP contribution in [0.15, 0.2) is 158 Å². The quantitative estimate of drug-likeness (QED) is 0.227. The number of hydrogen-bond acceptors (Lipinski definition) is 3. The third kappa shape index (κ3) is 3.98. The van der Waals surface area contributed by atoms with Crippen molar-refractivity contribution in [3.63, 3.8) is 0 Å². The van der Waals surface area contributed by atoms with Crippen molar-refractivity contribution in [2.75, 3.05) is 0 Å². The number of pyridine rings is 2. The van der Waals surface area contributed by atoms with Gasteiger partial charge >= 0.3 is 0 Å². The van der Waals surface area contributed by atoms with Crippen LogP contribution in [0.5, 0.6) is 0 Å². The first-order valence-corrected chi connectivity index (χ1v) is 13.4. The molecule has 4 nitrogen and oxygen atoms in total. The van der Waals surface area contributed by atoms with Crippen molar-refractivity contribution in [1.82, 2.24) is 19.5 Å². The van der Waals surface area contributed by atoms with Gasteiger partial charge in [-0.3, -0.25) is 9.55 Å². The molecule has 0 unspecified atom stereocenters. The Balaban J connectivity index is 1.53. The van der Waals surface area contributed by atoms with Crippen LogP contribution in [-0.2, 0) is 5.41 Å². The lowest BCUT2D eigenvalue weighted by atomic mass is 9.69. The Bertz CT molecular complexity index is 1850. The van der Waals surface area contributed by atoms with Gasteiger partial charge in [0.25, 0.3) is 0 Å². The molecule has 0 N–H and O–H groups in total. The topological polar surface area (TPSA) is 43.6 Å². The zero-order valence-electron chi connectivity index (χ0n) is 21.8. The zero-order valence-corrected chi connectivity index (χ0v) is 21.8. The van der Waals surface area contributed by atoms with Crippen molar-refractivity contribution in [1.29, 1.82) is 0 Å². The second-order valence-electron chi connectivity index (χ2n) is 9.74. The van der Waals surface area contributed by atoms with Crippen molar-refractivity contribution in [2.45, 2.75) is 5.41 Å². The van der Waals surface area contributed by atoms with Crippen molar-refractivity contribution in [3.8, 4) is 17.1 Å². The number of aromatic nitrogens is 4. The lowest BCUT2D eigenvalue weighted by Gasteiger charge is -2.35. The number of rotatable bonds is 6. The Hall–Kier alpha value is -5.35.